The van der Waals surface area contributed by atoms with E-state index in [-0.39, 0.29) is 0 Å². The molecule has 0 aromatic carbocycles. The third-order valence-electron chi connectivity index (χ3n) is 9.94. The lowest BCUT2D eigenvalue weighted by Gasteiger charge is -2.35. The zero-order valence-electron chi connectivity index (χ0n) is 20.8. The summed E-state index contributed by atoms with van der Waals surface area (Å²) >= 11 is 0. The van der Waals surface area contributed by atoms with Gasteiger partial charge in [0.1, 0.15) is 0 Å². The SMILES string of the molecule is CCC1CCC(C2CC=C(COCC3=CCC(C4CCC(CC)CC4)CC3)CC2)CC1. The van der Waals surface area contributed by atoms with Gasteiger partial charge in [-0.3, -0.25) is 0 Å². The molecular weight excluding hydrogens is 376 g/mol. The normalized spacial score (nSPS) is 37.2. The molecule has 2 saturated carbocycles. The molecule has 0 aliphatic heterocycles. The van der Waals surface area contributed by atoms with Crippen molar-refractivity contribution in [1.29, 1.82) is 0 Å². The molecule has 0 amide bonds. The average molecular weight is 427 g/mol. The Kier molecular flexibility index (Phi) is 9.18. The lowest BCUT2D eigenvalue weighted by molar-refractivity contribution is 0.155. The summed E-state index contributed by atoms with van der Waals surface area (Å²) in [6.45, 7) is 6.52. The highest BCUT2D eigenvalue weighted by Crippen LogP contribution is 2.41. The lowest BCUT2D eigenvalue weighted by Crippen LogP contribution is -2.24. The predicted molar refractivity (Wildman–Crippen MR) is 133 cm³/mol. The maximum atomic E-state index is 6.19. The second-order valence-corrected chi connectivity index (χ2v) is 11.7. The van der Waals surface area contributed by atoms with E-state index >= 15 is 0 Å². The standard InChI is InChI=1S/C30H50O/c1-3-23-5-13-27(14-6-23)29-17-9-25(10-18-29)21-31-22-26-11-19-30(20-12-26)28-15-7-24(4-2)8-16-28/h9,11,23-24,27-30H,3-8,10,12-22H2,1-2H3. The Bertz CT molecular complexity index is 534. The van der Waals surface area contributed by atoms with Gasteiger partial charge in [-0.2, -0.15) is 0 Å². The highest BCUT2D eigenvalue weighted by atomic mass is 16.5. The largest absolute Gasteiger partial charge is 0.373 e. The molecule has 0 aromatic heterocycles. The fraction of sp³-hybridized carbons (Fsp3) is 0.867. The molecule has 2 fully saturated rings. The Morgan fingerprint density at radius 2 is 1.00 bits per heavy atom. The van der Waals surface area contributed by atoms with Crippen LogP contribution in [0.5, 0.6) is 0 Å². The summed E-state index contributed by atoms with van der Waals surface area (Å²) < 4.78 is 6.19. The van der Waals surface area contributed by atoms with Crippen LogP contribution in [0.15, 0.2) is 23.3 Å². The molecule has 0 radical (unpaired) electrons. The summed E-state index contributed by atoms with van der Waals surface area (Å²) in [6.07, 6.45) is 27.9. The first kappa shape index (κ1) is 23.6. The van der Waals surface area contributed by atoms with Crippen molar-refractivity contribution in [3.05, 3.63) is 23.3 Å². The van der Waals surface area contributed by atoms with Crippen LogP contribution in [0, 0.1) is 35.5 Å². The summed E-state index contributed by atoms with van der Waals surface area (Å²) in [7, 11) is 0. The minimum atomic E-state index is 0.886. The van der Waals surface area contributed by atoms with E-state index in [1.165, 1.54) is 103 Å². The molecule has 2 atom stereocenters. The van der Waals surface area contributed by atoms with Crippen molar-refractivity contribution in [2.45, 2.75) is 117 Å². The molecule has 2 unspecified atom stereocenters. The van der Waals surface area contributed by atoms with Gasteiger partial charge in [0.2, 0.25) is 0 Å². The number of ether oxygens (including phenoxy) is 1. The quantitative estimate of drug-likeness (QED) is 0.352. The molecule has 4 aliphatic rings. The van der Waals surface area contributed by atoms with Crippen molar-refractivity contribution >= 4 is 0 Å². The third kappa shape index (κ3) is 6.72. The highest BCUT2D eigenvalue weighted by Gasteiger charge is 2.29. The third-order valence-corrected chi connectivity index (χ3v) is 9.94. The van der Waals surface area contributed by atoms with Gasteiger partial charge in [-0.1, -0.05) is 64.5 Å². The van der Waals surface area contributed by atoms with Gasteiger partial charge in [-0.05, 0) is 111 Å². The van der Waals surface area contributed by atoms with Gasteiger partial charge in [-0.25, -0.2) is 0 Å². The summed E-state index contributed by atoms with van der Waals surface area (Å²) in [6, 6.07) is 0. The Labute approximate surface area is 193 Å². The summed E-state index contributed by atoms with van der Waals surface area (Å²) in [4.78, 5) is 0. The van der Waals surface area contributed by atoms with E-state index in [1.54, 1.807) is 11.1 Å². The van der Waals surface area contributed by atoms with Gasteiger partial charge in [-0.15, -0.1) is 0 Å². The highest BCUT2D eigenvalue weighted by molar-refractivity contribution is 5.10. The van der Waals surface area contributed by atoms with Crippen LogP contribution < -0.4 is 0 Å². The van der Waals surface area contributed by atoms with Crippen LogP contribution in [-0.2, 0) is 4.74 Å². The minimum absolute atomic E-state index is 0.886. The molecule has 0 bridgehead atoms. The van der Waals surface area contributed by atoms with Crippen molar-refractivity contribution < 1.29 is 4.74 Å². The molecule has 1 heteroatoms. The van der Waals surface area contributed by atoms with Crippen molar-refractivity contribution in [1.82, 2.24) is 0 Å². The second kappa shape index (κ2) is 12.1. The van der Waals surface area contributed by atoms with Gasteiger partial charge in [0.15, 0.2) is 0 Å². The molecule has 176 valence electrons. The van der Waals surface area contributed by atoms with Gasteiger partial charge >= 0.3 is 0 Å². The van der Waals surface area contributed by atoms with Crippen LogP contribution in [0.25, 0.3) is 0 Å². The number of hydrogen-bond acceptors (Lipinski definition) is 1. The molecule has 4 aliphatic carbocycles. The summed E-state index contributed by atoms with van der Waals surface area (Å²) in [5.74, 6) is 6.01. The first-order chi connectivity index (χ1) is 15.2. The Morgan fingerprint density at radius 3 is 1.32 bits per heavy atom. The molecule has 0 N–H and O–H groups in total. The number of hydrogen-bond donors (Lipinski definition) is 0. The van der Waals surface area contributed by atoms with Crippen molar-refractivity contribution in [3.8, 4) is 0 Å². The molecule has 0 saturated heterocycles. The van der Waals surface area contributed by atoms with Crippen LogP contribution in [0.1, 0.15) is 117 Å². The van der Waals surface area contributed by atoms with Crippen LogP contribution in [0.2, 0.25) is 0 Å². The minimum Gasteiger partial charge on any atom is -0.373 e. The zero-order chi connectivity index (χ0) is 21.5. The van der Waals surface area contributed by atoms with E-state index in [4.69, 9.17) is 4.74 Å². The van der Waals surface area contributed by atoms with E-state index in [1.807, 2.05) is 0 Å². The molecule has 0 heterocycles. The van der Waals surface area contributed by atoms with E-state index in [9.17, 15) is 0 Å². The fourth-order valence-corrected chi connectivity index (χ4v) is 7.38. The van der Waals surface area contributed by atoms with Crippen LogP contribution in [0.4, 0.5) is 0 Å². The first-order valence-electron chi connectivity index (χ1n) is 14.2. The van der Waals surface area contributed by atoms with Gasteiger partial charge in [0, 0.05) is 0 Å². The second-order valence-electron chi connectivity index (χ2n) is 11.7. The number of allylic oxidation sites excluding steroid dienone is 2. The van der Waals surface area contributed by atoms with Crippen LogP contribution in [-0.4, -0.2) is 13.2 Å². The topological polar surface area (TPSA) is 9.23 Å². The van der Waals surface area contributed by atoms with E-state index in [0.29, 0.717) is 0 Å². The molecule has 31 heavy (non-hydrogen) atoms. The molecule has 0 aromatic rings. The average Bonchev–Trinajstić information content (AvgIpc) is 2.85. The fourth-order valence-electron chi connectivity index (χ4n) is 7.38. The Morgan fingerprint density at radius 1 is 0.581 bits per heavy atom. The molecular formula is C30H50O. The maximum Gasteiger partial charge on any atom is 0.0681 e. The van der Waals surface area contributed by atoms with E-state index in [2.05, 4.69) is 26.0 Å². The number of rotatable bonds is 8. The van der Waals surface area contributed by atoms with Crippen LogP contribution in [0.3, 0.4) is 0 Å². The molecule has 1 nitrogen and oxygen atoms in total. The van der Waals surface area contributed by atoms with Gasteiger partial charge < -0.3 is 4.74 Å². The summed E-state index contributed by atoms with van der Waals surface area (Å²) in [5.41, 5.74) is 3.17. The maximum absolute atomic E-state index is 6.19. The van der Waals surface area contributed by atoms with E-state index in [0.717, 1.165) is 48.7 Å². The van der Waals surface area contributed by atoms with Crippen molar-refractivity contribution in [2.24, 2.45) is 35.5 Å². The Hall–Kier alpha value is -0.560. The molecule has 0 spiro atoms. The smallest absolute Gasteiger partial charge is 0.0681 e. The monoisotopic (exact) mass is 426 g/mol. The van der Waals surface area contributed by atoms with Gasteiger partial charge in [0.05, 0.1) is 13.2 Å². The summed E-state index contributed by atoms with van der Waals surface area (Å²) in [5, 5.41) is 0. The van der Waals surface area contributed by atoms with Crippen LogP contribution >= 0.6 is 0 Å². The van der Waals surface area contributed by atoms with E-state index < -0.39 is 0 Å². The zero-order valence-corrected chi connectivity index (χ0v) is 20.8. The van der Waals surface area contributed by atoms with Gasteiger partial charge in [0.25, 0.3) is 0 Å². The predicted octanol–water partition coefficient (Wildman–Crippen LogP) is 8.89. The first-order valence-corrected chi connectivity index (χ1v) is 14.2. The van der Waals surface area contributed by atoms with Crippen molar-refractivity contribution in [3.63, 3.8) is 0 Å². The molecule has 4 rings (SSSR count). The van der Waals surface area contributed by atoms with Crippen molar-refractivity contribution in [2.75, 3.05) is 13.2 Å². The lowest BCUT2D eigenvalue weighted by atomic mass is 9.71. The Balaban J connectivity index is 1.12.